The Kier molecular flexibility index (Phi) is 22.8. The van der Waals surface area contributed by atoms with Gasteiger partial charge in [0.1, 0.15) is 5.78 Å². The number of ketones is 1. The van der Waals surface area contributed by atoms with Crippen molar-refractivity contribution in [2.24, 2.45) is 5.92 Å². The summed E-state index contributed by atoms with van der Waals surface area (Å²) < 4.78 is 0. The number of nitrogens with one attached hydrogen (secondary N) is 1. The molecular formula is C37H56N2O3. The lowest BCUT2D eigenvalue weighted by Gasteiger charge is -2.11. The van der Waals surface area contributed by atoms with Gasteiger partial charge in [0.25, 0.3) is 0 Å². The number of carbonyl (C=O) groups excluding carboxylic acids is 1. The molecule has 0 aromatic heterocycles. The number of allylic oxidation sites excluding steroid dienone is 1. The van der Waals surface area contributed by atoms with Crippen LogP contribution in [0.1, 0.15) is 99.6 Å². The van der Waals surface area contributed by atoms with Crippen molar-refractivity contribution in [3.05, 3.63) is 82.4 Å². The average Bonchev–Trinajstić information content (AvgIpc) is 3.00. The van der Waals surface area contributed by atoms with E-state index in [2.05, 4.69) is 87.3 Å². The second kappa shape index (κ2) is 24.5. The third kappa shape index (κ3) is 17.7. The maximum Gasteiger partial charge on any atom is 0.129 e. The summed E-state index contributed by atoms with van der Waals surface area (Å²) in [6, 6.07) is 15.2. The van der Waals surface area contributed by atoms with Crippen molar-refractivity contribution in [2.45, 2.75) is 98.5 Å². The Morgan fingerprint density at radius 3 is 2.14 bits per heavy atom. The van der Waals surface area contributed by atoms with E-state index in [-0.39, 0.29) is 24.4 Å². The van der Waals surface area contributed by atoms with Crippen LogP contribution < -0.4 is 5.32 Å². The number of rotatable bonds is 16. The van der Waals surface area contributed by atoms with Gasteiger partial charge in [0, 0.05) is 6.42 Å². The average molecular weight is 577 g/mol. The molecule has 0 aliphatic rings. The number of aliphatic hydroxyl groups is 2. The summed E-state index contributed by atoms with van der Waals surface area (Å²) in [5, 5.41) is 30.9. The van der Waals surface area contributed by atoms with E-state index in [4.69, 9.17) is 10.4 Å². The van der Waals surface area contributed by atoms with Gasteiger partial charge in [-0.3, -0.25) is 0 Å². The van der Waals surface area contributed by atoms with E-state index < -0.39 is 0 Å². The number of benzene rings is 2. The molecule has 0 saturated heterocycles. The lowest BCUT2D eigenvalue weighted by Crippen LogP contribution is -2.06. The zero-order valence-electron chi connectivity index (χ0n) is 27.1. The maximum atomic E-state index is 10.3. The van der Waals surface area contributed by atoms with Crippen LogP contribution in [0.2, 0.25) is 0 Å². The Labute approximate surface area is 256 Å². The minimum absolute atomic E-state index is 0.0754. The molecule has 232 valence electrons. The van der Waals surface area contributed by atoms with Crippen LogP contribution in [-0.4, -0.2) is 42.3 Å². The lowest BCUT2D eigenvalue weighted by atomic mass is 9.96. The molecule has 5 heteroatoms. The first-order valence-electron chi connectivity index (χ1n) is 15.5. The van der Waals surface area contributed by atoms with Crippen LogP contribution in [0.3, 0.4) is 0 Å². The Balaban J connectivity index is 0.00000118. The number of hydrogen-bond donors (Lipinski definition) is 3. The molecule has 3 N–H and O–H groups in total. The first-order valence-corrected chi connectivity index (χ1v) is 15.5. The predicted octanol–water partition coefficient (Wildman–Crippen LogP) is 7.65. The molecule has 2 aromatic carbocycles. The Morgan fingerprint density at radius 1 is 1.05 bits per heavy atom. The molecule has 5 nitrogen and oxygen atoms in total. The summed E-state index contributed by atoms with van der Waals surface area (Å²) in [4.78, 5) is 10.3. The van der Waals surface area contributed by atoms with Crippen LogP contribution >= 0.6 is 0 Å². The molecule has 2 atom stereocenters. The van der Waals surface area contributed by atoms with Crippen molar-refractivity contribution < 1.29 is 15.0 Å². The summed E-state index contributed by atoms with van der Waals surface area (Å²) in [5.41, 5.74) is 7.46. The molecule has 2 rings (SSSR count). The van der Waals surface area contributed by atoms with Crippen molar-refractivity contribution in [1.82, 2.24) is 5.32 Å². The zero-order chi connectivity index (χ0) is 31.8. The van der Waals surface area contributed by atoms with Gasteiger partial charge in [0.2, 0.25) is 0 Å². The lowest BCUT2D eigenvalue weighted by molar-refractivity contribution is -0.117. The van der Waals surface area contributed by atoms with Crippen molar-refractivity contribution in [1.29, 1.82) is 5.26 Å². The van der Waals surface area contributed by atoms with Crippen molar-refractivity contribution in [3.63, 3.8) is 0 Å². The van der Waals surface area contributed by atoms with E-state index in [0.29, 0.717) is 12.8 Å². The van der Waals surface area contributed by atoms with Crippen LogP contribution in [0.25, 0.3) is 12.2 Å². The fourth-order valence-electron chi connectivity index (χ4n) is 4.11. The van der Waals surface area contributed by atoms with E-state index in [1.807, 2.05) is 20.0 Å². The fraction of sp³-hybridized carbons (Fsp3) is 0.514. The van der Waals surface area contributed by atoms with Gasteiger partial charge in [-0.25, -0.2) is 0 Å². The smallest absolute Gasteiger partial charge is 0.129 e. The molecule has 42 heavy (non-hydrogen) atoms. The summed E-state index contributed by atoms with van der Waals surface area (Å²) in [7, 11) is 1.93. The standard InChI is InChI=1S/C27H35NO2.C7H12O.C3H9N/c1-4-24-17-22(10-15-27(30)5-2)9-12-26(24)14-13-25-11-8-21(16-20(25)3)6-7-23(18-28)19-29;1-3-4-5-6-7(2)8;1-3-4-2/h8-9,11-14,16-17,23,27,29-30H,4-7,10,15,19H2,1-3H3;3H,1,4-6H2,2H3;4H,3H2,1-2H3/b14-13-;;. The minimum Gasteiger partial charge on any atom is -0.395 e. The van der Waals surface area contributed by atoms with Gasteiger partial charge >= 0.3 is 0 Å². The Bertz CT molecular complexity index is 1100. The van der Waals surface area contributed by atoms with Gasteiger partial charge in [-0.1, -0.05) is 75.4 Å². The largest absolute Gasteiger partial charge is 0.395 e. The number of aryl methyl sites for hydroxylation is 4. The number of nitrogens with zero attached hydrogens (tertiary/aromatic N) is 1. The fourth-order valence-corrected chi connectivity index (χ4v) is 4.11. The molecule has 0 heterocycles. The van der Waals surface area contributed by atoms with Gasteiger partial charge in [0.15, 0.2) is 0 Å². The summed E-state index contributed by atoms with van der Waals surface area (Å²) in [5.74, 6) is -0.0163. The van der Waals surface area contributed by atoms with Crippen LogP contribution in [0.15, 0.2) is 49.1 Å². The molecule has 2 aromatic rings. The first-order chi connectivity index (χ1) is 20.2. The summed E-state index contributed by atoms with van der Waals surface area (Å²) >= 11 is 0. The van der Waals surface area contributed by atoms with Crippen molar-refractivity contribution in [2.75, 3.05) is 20.2 Å². The molecule has 0 aliphatic heterocycles. The normalized spacial score (nSPS) is 11.9. The third-order valence-electron chi connectivity index (χ3n) is 7.08. The van der Waals surface area contributed by atoms with E-state index >= 15 is 0 Å². The van der Waals surface area contributed by atoms with Gasteiger partial charge in [-0.15, -0.1) is 6.58 Å². The van der Waals surface area contributed by atoms with Gasteiger partial charge in [-0.05, 0) is 112 Å². The van der Waals surface area contributed by atoms with Crippen LogP contribution in [0.5, 0.6) is 0 Å². The molecule has 0 spiro atoms. The highest BCUT2D eigenvalue weighted by Crippen LogP contribution is 2.21. The van der Waals surface area contributed by atoms with E-state index in [1.165, 1.54) is 33.4 Å². The molecule has 0 radical (unpaired) electrons. The monoisotopic (exact) mass is 576 g/mol. The summed E-state index contributed by atoms with van der Waals surface area (Å²) in [6.45, 7) is 14.5. The molecule has 0 amide bonds. The van der Waals surface area contributed by atoms with Gasteiger partial charge in [0.05, 0.1) is 24.7 Å². The topological polar surface area (TPSA) is 93.4 Å². The maximum absolute atomic E-state index is 10.3. The quantitative estimate of drug-likeness (QED) is 0.108. The van der Waals surface area contributed by atoms with E-state index in [0.717, 1.165) is 51.5 Å². The van der Waals surface area contributed by atoms with Gasteiger partial charge < -0.3 is 20.3 Å². The molecular weight excluding hydrogens is 520 g/mol. The number of unbranched alkanes of at least 4 members (excludes halogenated alkanes) is 1. The number of hydrogen-bond acceptors (Lipinski definition) is 5. The van der Waals surface area contributed by atoms with Crippen LogP contribution in [0.4, 0.5) is 0 Å². The van der Waals surface area contributed by atoms with E-state index in [9.17, 15) is 9.90 Å². The third-order valence-corrected chi connectivity index (χ3v) is 7.08. The molecule has 2 unspecified atom stereocenters. The highest BCUT2D eigenvalue weighted by atomic mass is 16.3. The van der Waals surface area contributed by atoms with Crippen molar-refractivity contribution >= 4 is 17.9 Å². The number of aliphatic hydroxyl groups excluding tert-OH is 2. The number of nitriles is 1. The van der Waals surface area contributed by atoms with Crippen LogP contribution in [-0.2, 0) is 24.1 Å². The Morgan fingerprint density at radius 2 is 1.64 bits per heavy atom. The van der Waals surface area contributed by atoms with E-state index in [1.54, 1.807) is 6.92 Å². The summed E-state index contributed by atoms with van der Waals surface area (Å²) in [6.07, 6.45) is 13.6. The molecule has 0 saturated carbocycles. The second-order valence-electron chi connectivity index (χ2n) is 10.6. The SMILES string of the molecule is C=CCCCC(C)=O.CCNC.CCc1cc(CCC(O)CC)ccc1/C=C\c1ccc(CCC(C#N)CO)cc1C. The highest BCUT2D eigenvalue weighted by molar-refractivity contribution is 5.75. The number of Topliss-reactive ketones (excluding diaryl/α,β-unsaturated/α-hetero) is 1. The first kappa shape index (κ1) is 39.0. The second-order valence-corrected chi connectivity index (χ2v) is 10.6. The van der Waals surface area contributed by atoms with Crippen LogP contribution in [0, 0.1) is 24.2 Å². The molecule has 0 fully saturated rings. The number of carbonyl (C=O) groups is 1. The predicted molar refractivity (Wildman–Crippen MR) is 179 cm³/mol. The Hall–Kier alpha value is -3.04. The van der Waals surface area contributed by atoms with Crippen molar-refractivity contribution in [3.8, 4) is 6.07 Å². The zero-order valence-corrected chi connectivity index (χ0v) is 27.1. The molecule has 0 bridgehead atoms. The molecule has 0 aliphatic carbocycles. The highest BCUT2D eigenvalue weighted by Gasteiger charge is 2.07. The minimum atomic E-state index is -0.287. The van der Waals surface area contributed by atoms with Gasteiger partial charge in [-0.2, -0.15) is 5.26 Å².